The van der Waals surface area contributed by atoms with Crippen molar-refractivity contribution in [3.8, 4) is 0 Å². The van der Waals surface area contributed by atoms with Crippen LogP contribution in [0.5, 0.6) is 0 Å². The van der Waals surface area contributed by atoms with Crippen LogP contribution in [0, 0.1) is 0 Å². The van der Waals surface area contributed by atoms with Gasteiger partial charge in [0.05, 0.1) is 15.5 Å². The Balaban J connectivity index is 2.85. The molecule has 1 aromatic carbocycles. The van der Waals surface area contributed by atoms with Crippen LogP contribution in [0.25, 0.3) is 0 Å². The molecule has 120 valence electrons. The zero-order valence-corrected chi connectivity index (χ0v) is 13.6. The molecule has 0 aliphatic heterocycles. The summed E-state index contributed by atoms with van der Waals surface area (Å²) in [6.45, 7) is 1.21. The Kier molecular flexibility index (Phi) is 5.50. The Hall–Kier alpha value is -1.01. The van der Waals surface area contributed by atoms with Gasteiger partial charge in [-0.15, -0.1) is 0 Å². The van der Waals surface area contributed by atoms with E-state index in [-0.39, 0.29) is 27.8 Å². The molecule has 1 aromatic rings. The van der Waals surface area contributed by atoms with Crippen LogP contribution in [-0.4, -0.2) is 43.3 Å². The Labute approximate surface area is 124 Å². The number of hydrogen-bond donors (Lipinski definition) is 2. The minimum absolute atomic E-state index is 0.0716. The molecule has 0 bridgehead atoms. The Morgan fingerprint density at radius 1 is 0.952 bits per heavy atom. The molecule has 21 heavy (non-hydrogen) atoms. The summed E-state index contributed by atoms with van der Waals surface area (Å²) in [5.41, 5.74) is 0. The number of sulfonamides is 2. The van der Waals surface area contributed by atoms with Gasteiger partial charge in [-0.05, 0) is 24.3 Å². The molecule has 11 heteroatoms. The highest BCUT2D eigenvalue weighted by atomic mass is 32.2. The molecule has 0 amide bonds. The van der Waals surface area contributed by atoms with E-state index in [1.165, 1.54) is 6.92 Å². The molecule has 0 radical (unpaired) electrons. The molecule has 0 saturated carbocycles. The van der Waals surface area contributed by atoms with Crippen molar-refractivity contribution >= 4 is 29.9 Å². The third-order valence-electron chi connectivity index (χ3n) is 2.61. The van der Waals surface area contributed by atoms with Gasteiger partial charge in [-0.3, -0.25) is 0 Å². The quantitative estimate of drug-likeness (QED) is 0.645. The topological polar surface area (TPSA) is 140 Å². The predicted octanol–water partition coefficient (Wildman–Crippen LogP) is -0.953. The highest BCUT2D eigenvalue weighted by molar-refractivity contribution is 7.91. The van der Waals surface area contributed by atoms with Crippen molar-refractivity contribution in [3.63, 3.8) is 0 Å². The first-order valence-electron chi connectivity index (χ1n) is 5.81. The van der Waals surface area contributed by atoms with Gasteiger partial charge in [-0.1, -0.05) is 6.92 Å². The van der Waals surface area contributed by atoms with Gasteiger partial charge >= 0.3 is 0 Å². The SMILES string of the molecule is CCS(=O)(=O)CCNS(=O)(=O)c1ccc(S(N)(=O)=O)cc1. The zero-order valence-electron chi connectivity index (χ0n) is 11.2. The van der Waals surface area contributed by atoms with Crippen LogP contribution in [0.15, 0.2) is 34.1 Å². The molecule has 0 fully saturated rings. The second-order valence-electron chi connectivity index (χ2n) is 4.15. The van der Waals surface area contributed by atoms with Gasteiger partial charge < -0.3 is 0 Å². The van der Waals surface area contributed by atoms with Crippen LogP contribution in [0.1, 0.15) is 6.92 Å². The zero-order chi connectivity index (χ0) is 16.3. The van der Waals surface area contributed by atoms with E-state index in [0.29, 0.717) is 0 Å². The molecule has 0 saturated heterocycles. The van der Waals surface area contributed by atoms with E-state index in [1.807, 2.05) is 0 Å². The van der Waals surface area contributed by atoms with Crippen molar-refractivity contribution in [1.29, 1.82) is 0 Å². The maximum atomic E-state index is 11.9. The van der Waals surface area contributed by atoms with E-state index < -0.39 is 29.9 Å². The minimum Gasteiger partial charge on any atom is -0.229 e. The molecule has 0 aromatic heterocycles. The molecule has 0 spiro atoms. The number of nitrogens with two attached hydrogens (primary N) is 1. The lowest BCUT2D eigenvalue weighted by Crippen LogP contribution is -2.29. The van der Waals surface area contributed by atoms with Crippen molar-refractivity contribution < 1.29 is 25.3 Å². The molecule has 0 heterocycles. The summed E-state index contributed by atoms with van der Waals surface area (Å²) in [6.07, 6.45) is 0. The molecule has 0 atom stereocenters. The Morgan fingerprint density at radius 2 is 1.43 bits per heavy atom. The molecular formula is C10H16N2O6S3. The van der Waals surface area contributed by atoms with Crippen LogP contribution < -0.4 is 9.86 Å². The first kappa shape index (κ1) is 18.0. The predicted molar refractivity (Wildman–Crippen MR) is 77.3 cm³/mol. The van der Waals surface area contributed by atoms with E-state index in [1.54, 1.807) is 0 Å². The van der Waals surface area contributed by atoms with Crippen molar-refractivity contribution in [2.24, 2.45) is 5.14 Å². The summed E-state index contributed by atoms with van der Waals surface area (Å²) in [4.78, 5) is -0.390. The first-order chi connectivity index (χ1) is 9.48. The lowest BCUT2D eigenvalue weighted by Gasteiger charge is -2.07. The maximum absolute atomic E-state index is 11.9. The fraction of sp³-hybridized carbons (Fsp3) is 0.400. The van der Waals surface area contributed by atoms with Crippen LogP contribution in [0.4, 0.5) is 0 Å². The fourth-order valence-electron chi connectivity index (χ4n) is 1.37. The maximum Gasteiger partial charge on any atom is 0.240 e. The number of benzene rings is 1. The average Bonchev–Trinajstić information content (AvgIpc) is 2.37. The largest absolute Gasteiger partial charge is 0.240 e. The molecule has 3 N–H and O–H groups in total. The number of rotatable bonds is 7. The fourth-order valence-corrected chi connectivity index (χ4v) is 3.75. The van der Waals surface area contributed by atoms with E-state index in [4.69, 9.17) is 5.14 Å². The average molecular weight is 356 g/mol. The second-order valence-corrected chi connectivity index (χ2v) is 9.95. The van der Waals surface area contributed by atoms with Crippen molar-refractivity contribution in [1.82, 2.24) is 4.72 Å². The minimum atomic E-state index is -3.90. The first-order valence-corrected chi connectivity index (χ1v) is 10.7. The summed E-state index contributed by atoms with van der Waals surface area (Å²) >= 11 is 0. The summed E-state index contributed by atoms with van der Waals surface area (Å²) in [7, 11) is -11.1. The standard InChI is InChI=1S/C10H16N2O6S3/c1-2-19(13,14)8-7-12-21(17,18)10-5-3-9(4-6-10)20(11,15)16/h3-6,12H,2,7-8H2,1H3,(H2,11,15,16). The molecular weight excluding hydrogens is 340 g/mol. The molecule has 0 aliphatic rings. The van der Waals surface area contributed by atoms with Crippen LogP contribution in [0.2, 0.25) is 0 Å². The van der Waals surface area contributed by atoms with Crippen LogP contribution in [0.3, 0.4) is 0 Å². The smallest absolute Gasteiger partial charge is 0.229 e. The third-order valence-corrected chi connectivity index (χ3v) is 6.72. The van der Waals surface area contributed by atoms with Gasteiger partial charge in [0.2, 0.25) is 20.0 Å². The lowest BCUT2D eigenvalue weighted by atomic mass is 10.4. The molecule has 0 unspecified atom stereocenters. The Bertz CT molecular complexity index is 795. The van der Waals surface area contributed by atoms with Gasteiger partial charge in [0.1, 0.15) is 0 Å². The van der Waals surface area contributed by atoms with Gasteiger partial charge in [-0.25, -0.2) is 35.1 Å². The lowest BCUT2D eigenvalue weighted by molar-refractivity contribution is 0.580. The Morgan fingerprint density at radius 3 is 1.86 bits per heavy atom. The van der Waals surface area contributed by atoms with Gasteiger partial charge in [-0.2, -0.15) is 0 Å². The van der Waals surface area contributed by atoms with Gasteiger partial charge in [0.25, 0.3) is 0 Å². The number of sulfone groups is 1. The number of primary sulfonamides is 1. The van der Waals surface area contributed by atoms with E-state index in [0.717, 1.165) is 24.3 Å². The normalized spacial score (nSPS) is 13.2. The van der Waals surface area contributed by atoms with Crippen LogP contribution in [-0.2, 0) is 29.9 Å². The van der Waals surface area contributed by atoms with E-state index in [2.05, 4.69) is 4.72 Å². The number of hydrogen-bond acceptors (Lipinski definition) is 6. The highest BCUT2D eigenvalue weighted by Crippen LogP contribution is 2.13. The summed E-state index contributed by atoms with van der Waals surface area (Å²) in [6, 6.07) is 4.28. The molecule has 8 nitrogen and oxygen atoms in total. The monoisotopic (exact) mass is 356 g/mol. The van der Waals surface area contributed by atoms with E-state index >= 15 is 0 Å². The number of nitrogens with one attached hydrogen (secondary N) is 1. The summed E-state index contributed by atoms with van der Waals surface area (Å²) < 4.78 is 70.5. The van der Waals surface area contributed by atoms with Crippen LogP contribution >= 0.6 is 0 Å². The second kappa shape index (κ2) is 6.40. The van der Waals surface area contributed by atoms with Gasteiger partial charge in [0, 0.05) is 12.3 Å². The third kappa shape index (κ3) is 5.36. The van der Waals surface area contributed by atoms with Gasteiger partial charge in [0.15, 0.2) is 9.84 Å². The van der Waals surface area contributed by atoms with Crippen molar-refractivity contribution in [2.45, 2.75) is 16.7 Å². The summed E-state index contributed by atoms with van der Waals surface area (Å²) in [5.74, 6) is -0.379. The molecule has 1 rings (SSSR count). The van der Waals surface area contributed by atoms with Crippen molar-refractivity contribution in [3.05, 3.63) is 24.3 Å². The highest BCUT2D eigenvalue weighted by Gasteiger charge is 2.17. The molecule has 0 aliphatic carbocycles. The van der Waals surface area contributed by atoms with Crippen molar-refractivity contribution in [2.75, 3.05) is 18.1 Å². The summed E-state index contributed by atoms with van der Waals surface area (Å²) in [5, 5.41) is 4.90. The van der Waals surface area contributed by atoms with E-state index in [9.17, 15) is 25.3 Å².